The number of fused-ring (bicyclic) bond motifs is 1. The lowest BCUT2D eigenvalue weighted by molar-refractivity contribution is 0.0600. The second-order valence-corrected chi connectivity index (χ2v) is 6.25. The van der Waals surface area contributed by atoms with Gasteiger partial charge in [0.25, 0.3) is 0 Å². The molecule has 0 spiro atoms. The minimum Gasteiger partial charge on any atom is -0.465 e. The van der Waals surface area contributed by atoms with Gasteiger partial charge in [0, 0.05) is 17.3 Å². The zero-order valence-electron chi connectivity index (χ0n) is 14.3. The van der Waals surface area contributed by atoms with Gasteiger partial charge in [0.2, 0.25) is 0 Å². The fourth-order valence-electron chi connectivity index (χ4n) is 2.85. The maximum Gasteiger partial charge on any atom is 0.345 e. The number of imidazole rings is 1. The normalized spacial score (nSPS) is 10.9. The van der Waals surface area contributed by atoms with Crippen molar-refractivity contribution in [3.63, 3.8) is 0 Å². The summed E-state index contributed by atoms with van der Waals surface area (Å²) in [4.78, 5) is 27.0. The topological polar surface area (TPSA) is 77.2 Å². The van der Waals surface area contributed by atoms with Gasteiger partial charge in [-0.25, -0.2) is 9.59 Å². The molecule has 0 saturated carbocycles. The Kier molecular flexibility index (Phi) is 4.21. The van der Waals surface area contributed by atoms with Crippen LogP contribution in [-0.4, -0.2) is 22.6 Å². The first-order chi connectivity index (χ1) is 13.1. The van der Waals surface area contributed by atoms with Crippen molar-refractivity contribution in [3.8, 4) is 16.9 Å². The Bertz CT molecular complexity index is 1270. The Morgan fingerprint density at radius 2 is 1.89 bits per heavy atom. The third-order valence-corrected chi connectivity index (χ3v) is 4.52. The number of methoxy groups -OCH3 is 1. The summed E-state index contributed by atoms with van der Waals surface area (Å²) in [5.74, 6) is -0.409. The van der Waals surface area contributed by atoms with Crippen molar-refractivity contribution in [2.45, 2.75) is 0 Å². The Hall–Kier alpha value is -3.45. The number of H-pyrrole nitrogens is 1. The van der Waals surface area contributed by atoms with Crippen molar-refractivity contribution in [1.29, 1.82) is 0 Å². The highest BCUT2D eigenvalue weighted by atomic mass is 32.1. The summed E-state index contributed by atoms with van der Waals surface area (Å²) >= 11 is 5.38. The van der Waals surface area contributed by atoms with Crippen LogP contribution in [0.25, 0.3) is 27.9 Å². The number of carbonyl (C=O) groups is 1. The molecule has 0 bridgehead atoms. The first kappa shape index (κ1) is 17.0. The number of aromatic nitrogens is 2. The van der Waals surface area contributed by atoms with E-state index in [1.807, 2.05) is 18.2 Å². The molecule has 4 rings (SSSR count). The molecule has 0 amide bonds. The monoisotopic (exact) mass is 378 g/mol. The number of esters is 1. The van der Waals surface area contributed by atoms with Crippen molar-refractivity contribution in [2.24, 2.45) is 0 Å². The number of carbonyl (C=O) groups excluding carboxylic acids is 1. The smallest absolute Gasteiger partial charge is 0.345 e. The van der Waals surface area contributed by atoms with E-state index in [2.05, 4.69) is 4.98 Å². The van der Waals surface area contributed by atoms with Crippen LogP contribution in [-0.2, 0) is 4.74 Å². The van der Waals surface area contributed by atoms with Gasteiger partial charge >= 0.3 is 11.6 Å². The van der Waals surface area contributed by atoms with E-state index < -0.39 is 11.6 Å². The SMILES string of the molecule is COC(=O)c1ccc(-n2cc(-c3cc4ccccc4oc3=O)[nH]c2=S)cc1. The largest absolute Gasteiger partial charge is 0.465 e. The number of nitrogens with zero attached hydrogens (tertiary/aromatic N) is 1. The number of ether oxygens (including phenoxy) is 1. The quantitative estimate of drug-likeness (QED) is 0.330. The van der Waals surface area contributed by atoms with E-state index >= 15 is 0 Å². The Morgan fingerprint density at radius 3 is 2.63 bits per heavy atom. The summed E-state index contributed by atoms with van der Waals surface area (Å²) < 4.78 is 12.2. The predicted octanol–water partition coefficient (Wildman–Crippen LogP) is 4.09. The lowest BCUT2D eigenvalue weighted by Gasteiger charge is -2.04. The van der Waals surface area contributed by atoms with E-state index in [9.17, 15) is 9.59 Å². The summed E-state index contributed by atoms with van der Waals surface area (Å²) in [5, 5.41) is 0.821. The molecule has 0 aliphatic rings. The van der Waals surface area contributed by atoms with Crippen LogP contribution in [0.5, 0.6) is 0 Å². The van der Waals surface area contributed by atoms with E-state index in [0.717, 1.165) is 11.1 Å². The van der Waals surface area contributed by atoms with Gasteiger partial charge in [-0.05, 0) is 48.6 Å². The van der Waals surface area contributed by atoms with E-state index in [0.29, 0.717) is 27.2 Å². The minimum atomic E-state index is -0.446. The maximum absolute atomic E-state index is 12.4. The summed E-state index contributed by atoms with van der Waals surface area (Å²) in [5.41, 5.74) is 2.22. The average Bonchev–Trinajstić information content (AvgIpc) is 3.08. The number of aromatic amines is 1. The maximum atomic E-state index is 12.4. The summed E-state index contributed by atoms with van der Waals surface area (Å²) in [6.07, 6.45) is 1.73. The predicted molar refractivity (Wildman–Crippen MR) is 104 cm³/mol. The second kappa shape index (κ2) is 6.69. The molecule has 1 N–H and O–H groups in total. The van der Waals surface area contributed by atoms with Gasteiger partial charge in [-0.3, -0.25) is 4.57 Å². The average molecular weight is 378 g/mol. The van der Waals surface area contributed by atoms with E-state index in [1.54, 1.807) is 47.2 Å². The lowest BCUT2D eigenvalue weighted by atomic mass is 10.1. The van der Waals surface area contributed by atoms with Crippen LogP contribution in [0.1, 0.15) is 10.4 Å². The third kappa shape index (κ3) is 3.09. The fourth-order valence-corrected chi connectivity index (χ4v) is 3.12. The van der Waals surface area contributed by atoms with Crippen LogP contribution in [0.3, 0.4) is 0 Å². The van der Waals surface area contributed by atoms with Crippen molar-refractivity contribution in [3.05, 3.63) is 81.5 Å². The Balaban J connectivity index is 1.78. The van der Waals surface area contributed by atoms with Crippen LogP contribution in [0.15, 0.2) is 70.0 Å². The van der Waals surface area contributed by atoms with Gasteiger partial charge in [0.1, 0.15) is 5.58 Å². The molecule has 0 saturated heterocycles. The van der Waals surface area contributed by atoms with Gasteiger partial charge in [-0.15, -0.1) is 0 Å². The van der Waals surface area contributed by atoms with Gasteiger partial charge in [0.05, 0.1) is 23.9 Å². The molecule has 2 aromatic carbocycles. The van der Waals surface area contributed by atoms with Crippen LogP contribution in [0.2, 0.25) is 0 Å². The zero-order chi connectivity index (χ0) is 19.0. The molecule has 134 valence electrons. The lowest BCUT2D eigenvalue weighted by Crippen LogP contribution is -2.02. The van der Waals surface area contributed by atoms with Crippen molar-refractivity contribution in [1.82, 2.24) is 9.55 Å². The molecule has 0 aliphatic heterocycles. The second-order valence-electron chi connectivity index (χ2n) is 5.87. The Morgan fingerprint density at radius 1 is 1.15 bits per heavy atom. The van der Waals surface area contributed by atoms with Crippen LogP contribution in [0.4, 0.5) is 0 Å². The number of para-hydroxylation sites is 1. The molecule has 0 radical (unpaired) electrons. The highest BCUT2D eigenvalue weighted by Crippen LogP contribution is 2.21. The summed E-state index contributed by atoms with van der Waals surface area (Å²) in [6.45, 7) is 0. The van der Waals surface area contributed by atoms with Crippen molar-refractivity contribution >= 4 is 29.2 Å². The van der Waals surface area contributed by atoms with E-state index in [4.69, 9.17) is 21.4 Å². The molecule has 0 aliphatic carbocycles. The van der Waals surface area contributed by atoms with E-state index in [-0.39, 0.29) is 0 Å². The molecule has 27 heavy (non-hydrogen) atoms. The number of hydrogen-bond donors (Lipinski definition) is 1. The highest BCUT2D eigenvalue weighted by molar-refractivity contribution is 7.71. The first-order valence-electron chi connectivity index (χ1n) is 8.10. The Labute approximate surface area is 158 Å². The standard InChI is InChI=1S/C20H14N2O4S/c1-25-18(23)12-6-8-14(9-7-12)22-11-16(21-20(22)27)15-10-13-4-2-3-5-17(13)26-19(15)24/h2-11H,1H3,(H,21,27). The molecule has 0 unspecified atom stereocenters. The molecule has 2 heterocycles. The molecule has 2 aromatic heterocycles. The van der Waals surface area contributed by atoms with Gasteiger partial charge in [-0.2, -0.15) is 0 Å². The number of rotatable bonds is 3. The van der Waals surface area contributed by atoms with Crippen molar-refractivity contribution in [2.75, 3.05) is 7.11 Å². The number of nitrogens with one attached hydrogen (secondary N) is 1. The number of hydrogen-bond acceptors (Lipinski definition) is 5. The minimum absolute atomic E-state index is 0.393. The zero-order valence-corrected chi connectivity index (χ0v) is 15.1. The van der Waals surface area contributed by atoms with Crippen LogP contribution in [0, 0.1) is 4.77 Å². The van der Waals surface area contributed by atoms with E-state index in [1.165, 1.54) is 7.11 Å². The third-order valence-electron chi connectivity index (χ3n) is 4.22. The fraction of sp³-hybridized carbons (Fsp3) is 0.0500. The van der Waals surface area contributed by atoms with Gasteiger partial charge < -0.3 is 14.1 Å². The van der Waals surface area contributed by atoms with Crippen LogP contribution < -0.4 is 5.63 Å². The molecular formula is C20H14N2O4S. The van der Waals surface area contributed by atoms with Gasteiger partial charge in [0.15, 0.2) is 4.77 Å². The van der Waals surface area contributed by atoms with Crippen molar-refractivity contribution < 1.29 is 13.9 Å². The molecule has 4 aromatic rings. The highest BCUT2D eigenvalue weighted by Gasteiger charge is 2.12. The van der Waals surface area contributed by atoms with Crippen LogP contribution >= 0.6 is 12.2 Å². The number of benzene rings is 2. The first-order valence-corrected chi connectivity index (χ1v) is 8.51. The summed E-state index contributed by atoms with van der Waals surface area (Å²) in [7, 11) is 1.33. The molecular weight excluding hydrogens is 364 g/mol. The molecule has 7 heteroatoms. The van der Waals surface area contributed by atoms with Gasteiger partial charge in [-0.1, -0.05) is 18.2 Å². The molecule has 0 atom stereocenters. The molecule has 0 fully saturated rings. The summed E-state index contributed by atoms with van der Waals surface area (Å²) in [6, 6.07) is 15.9. The molecule has 6 nitrogen and oxygen atoms in total.